The van der Waals surface area contributed by atoms with E-state index in [1.165, 1.54) is 11.0 Å². The van der Waals surface area contributed by atoms with Gasteiger partial charge in [0.1, 0.15) is 0 Å². The normalized spacial score (nSPS) is 10.7. The van der Waals surface area contributed by atoms with Crippen LogP contribution in [-0.4, -0.2) is 16.7 Å². The summed E-state index contributed by atoms with van der Waals surface area (Å²) in [5.41, 5.74) is 6.25. The molecule has 0 fully saturated rings. The van der Waals surface area contributed by atoms with Gasteiger partial charge in [-0.1, -0.05) is 0 Å². The fourth-order valence-corrected chi connectivity index (χ4v) is 1.58. The monoisotopic (exact) mass is 233 g/mol. The minimum atomic E-state index is -1.08. The number of carbonyl (C=O) groups is 1. The molecule has 0 aliphatic heterocycles. The number of nitriles is 1. The van der Waals surface area contributed by atoms with Gasteiger partial charge in [-0.3, -0.25) is 4.90 Å². The number of benzene rings is 1. The molecule has 0 unspecified atom stereocenters. The average molecular weight is 233 g/mol. The van der Waals surface area contributed by atoms with E-state index in [1.54, 1.807) is 32.9 Å². The molecule has 90 valence electrons. The summed E-state index contributed by atoms with van der Waals surface area (Å²) >= 11 is 0. The Balaban J connectivity index is 3.31. The van der Waals surface area contributed by atoms with E-state index in [-0.39, 0.29) is 5.69 Å². The molecule has 1 aromatic rings. The van der Waals surface area contributed by atoms with Crippen LogP contribution in [0.1, 0.15) is 26.3 Å². The molecule has 0 bridgehead atoms. The highest BCUT2D eigenvalue weighted by Gasteiger charge is 2.29. The Morgan fingerprint density at radius 3 is 2.41 bits per heavy atom. The van der Waals surface area contributed by atoms with Gasteiger partial charge in [0.15, 0.2) is 0 Å². The first kappa shape index (κ1) is 12.8. The Labute approximate surface area is 100 Å². The van der Waals surface area contributed by atoms with Crippen LogP contribution in [-0.2, 0) is 0 Å². The minimum Gasteiger partial charge on any atom is -0.465 e. The van der Waals surface area contributed by atoms with E-state index in [4.69, 9.17) is 11.0 Å². The summed E-state index contributed by atoms with van der Waals surface area (Å²) in [6.45, 7) is 5.33. The molecule has 0 radical (unpaired) electrons. The highest BCUT2D eigenvalue weighted by molar-refractivity contribution is 5.92. The Hall–Kier alpha value is -2.22. The number of amides is 1. The molecule has 0 spiro atoms. The molecule has 0 aromatic heterocycles. The second-order valence-electron chi connectivity index (χ2n) is 4.67. The highest BCUT2D eigenvalue weighted by Crippen LogP contribution is 2.30. The van der Waals surface area contributed by atoms with Crippen LogP contribution in [0.5, 0.6) is 0 Å². The number of hydrogen-bond donors (Lipinski definition) is 2. The topological polar surface area (TPSA) is 90.4 Å². The number of carboxylic acid groups (broad SMARTS) is 1. The first-order valence-corrected chi connectivity index (χ1v) is 5.10. The van der Waals surface area contributed by atoms with Crippen molar-refractivity contribution in [3.63, 3.8) is 0 Å². The molecule has 1 rings (SSSR count). The van der Waals surface area contributed by atoms with Gasteiger partial charge in [0, 0.05) is 5.54 Å². The molecule has 1 aromatic carbocycles. The lowest BCUT2D eigenvalue weighted by Crippen LogP contribution is -2.45. The molecular weight excluding hydrogens is 218 g/mol. The number of hydrogen-bond acceptors (Lipinski definition) is 3. The lowest BCUT2D eigenvalue weighted by molar-refractivity contribution is 0.195. The molecule has 5 nitrogen and oxygen atoms in total. The van der Waals surface area contributed by atoms with Gasteiger partial charge in [0.25, 0.3) is 0 Å². The number of anilines is 2. The van der Waals surface area contributed by atoms with Crippen LogP contribution in [0.15, 0.2) is 18.2 Å². The summed E-state index contributed by atoms with van der Waals surface area (Å²) in [6, 6.07) is 6.52. The number of nitrogens with zero attached hydrogens (tertiary/aromatic N) is 2. The minimum absolute atomic E-state index is 0.279. The first-order chi connectivity index (χ1) is 7.77. The van der Waals surface area contributed by atoms with Gasteiger partial charge >= 0.3 is 6.09 Å². The molecule has 0 saturated heterocycles. The quantitative estimate of drug-likeness (QED) is 0.729. The zero-order valence-electron chi connectivity index (χ0n) is 10.1. The van der Waals surface area contributed by atoms with Crippen LogP contribution < -0.4 is 10.6 Å². The Morgan fingerprint density at radius 2 is 2.06 bits per heavy atom. The number of rotatable bonds is 1. The lowest BCUT2D eigenvalue weighted by Gasteiger charge is -2.33. The zero-order valence-corrected chi connectivity index (χ0v) is 10.1. The van der Waals surface area contributed by atoms with Crippen molar-refractivity contribution in [2.24, 2.45) is 0 Å². The Morgan fingerprint density at radius 1 is 1.47 bits per heavy atom. The van der Waals surface area contributed by atoms with Crippen molar-refractivity contribution in [2.45, 2.75) is 26.3 Å². The fraction of sp³-hybridized carbons (Fsp3) is 0.333. The van der Waals surface area contributed by atoms with E-state index >= 15 is 0 Å². The Bertz CT molecular complexity index is 484. The van der Waals surface area contributed by atoms with Gasteiger partial charge in [-0.15, -0.1) is 0 Å². The van der Waals surface area contributed by atoms with Gasteiger partial charge in [-0.25, -0.2) is 4.79 Å². The summed E-state index contributed by atoms with van der Waals surface area (Å²) in [7, 11) is 0. The van der Waals surface area contributed by atoms with Crippen molar-refractivity contribution in [3.05, 3.63) is 23.8 Å². The van der Waals surface area contributed by atoms with Crippen LogP contribution in [0.2, 0.25) is 0 Å². The summed E-state index contributed by atoms with van der Waals surface area (Å²) in [4.78, 5) is 12.4. The van der Waals surface area contributed by atoms with Crippen molar-refractivity contribution in [3.8, 4) is 6.07 Å². The maximum Gasteiger partial charge on any atom is 0.412 e. The van der Waals surface area contributed by atoms with Crippen LogP contribution in [0.25, 0.3) is 0 Å². The van der Waals surface area contributed by atoms with E-state index in [1.807, 2.05) is 6.07 Å². The molecule has 3 N–H and O–H groups in total. The van der Waals surface area contributed by atoms with Gasteiger partial charge < -0.3 is 10.8 Å². The molecule has 1 amide bonds. The second kappa shape index (κ2) is 4.34. The van der Waals surface area contributed by atoms with Crippen LogP contribution in [0, 0.1) is 11.3 Å². The van der Waals surface area contributed by atoms with E-state index in [0.717, 1.165) is 0 Å². The largest absolute Gasteiger partial charge is 0.465 e. The maximum atomic E-state index is 11.3. The lowest BCUT2D eigenvalue weighted by atomic mass is 10.0. The van der Waals surface area contributed by atoms with Crippen molar-refractivity contribution < 1.29 is 9.90 Å². The summed E-state index contributed by atoms with van der Waals surface area (Å²) in [5.74, 6) is 0. The van der Waals surface area contributed by atoms with E-state index in [0.29, 0.717) is 11.3 Å². The summed E-state index contributed by atoms with van der Waals surface area (Å²) in [5, 5.41) is 17.9. The molecule has 0 atom stereocenters. The predicted octanol–water partition coefficient (Wildman–Crippen LogP) is 2.42. The molecule has 0 aliphatic carbocycles. The van der Waals surface area contributed by atoms with Crippen LogP contribution in [0.4, 0.5) is 16.2 Å². The van der Waals surface area contributed by atoms with Gasteiger partial charge in [0.2, 0.25) is 0 Å². The van der Waals surface area contributed by atoms with E-state index in [9.17, 15) is 9.90 Å². The molecule has 17 heavy (non-hydrogen) atoms. The molecule has 0 aliphatic rings. The SMILES string of the molecule is CC(C)(C)N(C(=O)O)c1ccc(C#N)cc1N. The van der Waals surface area contributed by atoms with Gasteiger partial charge in [0.05, 0.1) is 23.0 Å². The maximum absolute atomic E-state index is 11.3. The molecule has 0 saturated carbocycles. The molecular formula is C12H15N3O2. The van der Waals surface area contributed by atoms with Crippen LogP contribution in [0.3, 0.4) is 0 Å². The third-order valence-electron chi connectivity index (χ3n) is 2.26. The summed E-state index contributed by atoms with van der Waals surface area (Å²) < 4.78 is 0. The van der Waals surface area contributed by atoms with E-state index < -0.39 is 11.6 Å². The number of nitrogen functional groups attached to an aromatic ring is 1. The van der Waals surface area contributed by atoms with Crippen LogP contribution >= 0.6 is 0 Å². The highest BCUT2D eigenvalue weighted by atomic mass is 16.4. The molecule has 5 heteroatoms. The number of nitrogens with two attached hydrogens (primary N) is 1. The third-order valence-corrected chi connectivity index (χ3v) is 2.26. The first-order valence-electron chi connectivity index (χ1n) is 5.10. The predicted molar refractivity (Wildman–Crippen MR) is 65.8 cm³/mol. The van der Waals surface area contributed by atoms with Crippen molar-refractivity contribution >= 4 is 17.5 Å². The van der Waals surface area contributed by atoms with Gasteiger partial charge in [-0.05, 0) is 39.0 Å². The smallest absolute Gasteiger partial charge is 0.412 e. The van der Waals surface area contributed by atoms with E-state index in [2.05, 4.69) is 0 Å². The van der Waals surface area contributed by atoms with Gasteiger partial charge in [-0.2, -0.15) is 5.26 Å². The average Bonchev–Trinajstić information content (AvgIpc) is 2.18. The molecule has 0 heterocycles. The van der Waals surface area contributed by atoms with Crippen molar-refractivity contribution in [1.29, 1.82) is 5.26 Å². The zero-order chi connectivity index (χ0) is 13.2. The Kier molecular flexibility index (Phi) is 3.28. The van der Waals surface area contributed by atoms with Crippen molar-refractivity contribution in [2.75, 3.05) is 10.6 Å². The standard InChI is InChI=1S/C12H15N3O2/c1-12(2,3)15(11(16)17)10-5-4-8(7-13)6-9(10)14/h4-6H,14H2,1-3H3,(H,16,17). The van der Waals surface area contributed by atoms with Crippen molar-refractivity contribution in [1.82, 2.24) is 0 Å². The fourth-order valence-electron chi connectivity index (χ4n) is 1.58. The summed E-state index contributed by atoms with van der Waals surface area (Å²) in [6.07, 6.45) is -1.08. The second-order valence-corrected chi connectivity index (χ2v) is 4.67. The third kappa shape index (κ3) is 2.67.